The average molecular weight is 357 g/mol. The number of imidazole rings is 1. The normalized spacial score (nSPS) is 11.9. The van der Waals surface area contributed by atoms with Crippen LogP contribution in [0.15, 0.2) is 47.6 Å². The Morgan fingerprint density at radius 1 is 1.33 bits per heavy atom. The fourth-order valence-electron chi connectivity index (χ4n) is 2.11. The van der Waals surface area contributed by atoms with Crippen molar-refractivity contribution in [3.8, 4) is 6.07 Å². The Morgan fingerprint density at radius 3 is 2.79 bits per heavy atom. The van der Waals surface area contributed by atoms with E-state index in [0.717, 1.165) is 11.0 Å². The molecular weight excluding hydrogens is 344 g/mol. The van der Waals surface area contributed by atoms with Gasteiger partial charge in [-0.25, -0.2) is 4.98 Å². The second-order valence-electron chi connectivity index (χ2n) is 5.14. The van der Waals surface area contributed by atoms with Gasteiger partial charge < -0.3 is 10.3 Å². The van der Waals surface area contributed by atoms with E-state index in [2.05, 4.69) is 15.3 Å². The molecule has 24 heavy (non-hydrogen) atoms. The van der Waals surface area contributed by atoms with Gasteiger partial charge >= 0.3 is 0 Å². The zero-order valence-corrected chi connectivity index (χ0v) is 14.3. The molecule has 0 unspecified atom stereocenters. The first-order valence-corrected chi connectivity index (χ1v) is 8.44. The number of anilines is 1. The maximum atomic E-state index is 12.3. The fourth-order valence-corrected chi connectivity index (χ4v) is 3.10. The van der Waals surface area contributed by atoms with Gasteiger partial charge in [0.05, 0.1) is 27.9 Å². The van der Waals surface area contributed by atoms with E-state index < -0.39 is 0 Å². The number of fused-ring (bicyclic) bond motifs is 1. The Hall–Kier alpha value is -2.49. The van der Waals surface area contributed by atoms with Gasteiger partial charge in [0.25, 0.3) is 0 Å². The van der Waals surface area contributed by atoms with E-state index in [9.17, 15) is 4.79 Å². The number of hydrogen-bond donors (Lipinski definition) is 2. The molecule has 0 radical (unpaired) electrons. The maximum absolute atomic E-state index is 12.3. The third kappa shape index (κ3) is 3.70. The second kappa shape index (κ2) is 6.95. The maximum Gasteiger partial charge on any atom is 0.237 e. The van der Waals surface area contributed by atoms with Crippen molar-refractivity contribution in [3.05, 3.63) is 53.1 Å². The number of rotatable bonds is 4. The van der Waals surface area contributed by atoms with E-state index in [1.54, 1.807) is 36.4 Å². The molecule has 0 spiro atoms. The molecule has 5 nitrogen and oxygen atoms in total. The molecular formula is C17H13ClN4OS. The molecule has 0 saturated heterocycles. The number of nitriles is 1. The average Bonchev–Trinajstić information content (AvgIpc) is 2.96. The van der Waals surface area contributed by atoms with Crippen LogP contribution in [0, 0.1) is 11.3 Å². The summed E-state index contributed by atoms with van der Waals surface area (Å²) in [5, 5.41) is 12.6. The number of hydrogen-bond acceptors (Lipinski definition) is 4. The zero-order valence-electron chi connectivity index (χ0n) is 12.7. The lowest BCUT2D eigenvalue weighted by molar-refractivity contribution is -0.115. The van der Waals surface area contributed by atoms with E-state index in [4.69, 9.17) is 16.9 Å². The summed E-state index contributed by atoms with van der Waals surface area (Å²) in [6, 6.07) is 14.2. The first-order chi connectivity index (χ1) is 11.5. The fraction of sp³-hybridized carbons (Fsp3) is 0.118. The van der Waals surface area contributed by atoms with E-state index in [0.29, 0.717) is 21.4 Å². The highest BCUT2D eigenvalue weighted by molar-refractivity contribution is 8.00. The van der Waals surface area contributed by atoms with Gasteiger partial charge in [0.15, 0.2) is 5.16 Å². The van der Waals surface area contributed by atoms with E-state index in [1.807, 2.05) is 19.1 Å². The SMILES string of the molecule is C[C@@H](Sc1nc2ccc(Cl)cc2[nH]1)C(=O)Nc1ccc(C#N)cc1. The highest BCUT2D eigenvalue weighted by Gasteiger charge is 2.17. The summed E-state index contributed by atoms with van der Waals surface area (Å²) >= 11 is 7.29. The molecule has 3 rings (SSSR count). The molecule has 1 amide bonds. The Labute approximate surface area is 148 Å². The van der Waals surface area contributed by atoms with Crippen LogP contribution in [0.4, 0.5) is 5.69 Å². The summed E-state index contributed by atoms with van der Waals surface area (Å²) in [4.78, 5) is 19.9. The van der Waals surface area contributed by atoms with Gasteiger partial charge in [-0.3, -0.25) is 4.79 Å². The van der Waals surface area contributed by atoms with Gasteiger partial charge in [-0.2, -0.15) is 5.26 Å². The number of nitrogens with one attached hydrogen (secondary N) is 2. The third-order valence-electron chi connectivity index (χ3n) is 3.36. The van der Waals surface area contributed by atoms with Crippen molar-refractivity contribution in [1.29, 1.82) is 5.26 Å². The number of halogens is 1. The van der Waals surface area contributed by atoms with E-state index >= 15 is 0 Å². The van der Waals surface area contributed by atoms with Crippen LogP contribution in [0.1, 0.15) is 12.5 Å². The predicted octanol–water partition coefficient (Wildman–Crippen LogP) is 4.21. The molecule has 120 valence electrons. The van der Waals surface area contributed by atoms with Crippen LogP contribution in [0.5, 0.6) is 0 Å². The monoisotopic (exact) mass is 356 g/mol. The van der Waals surface area contributed by atoms with E-state index in [1.165, 1.54) is 11.8 Å². The van der Waals surface area contributed by atoms with Gasteiger partial charge in [0.1, 0.15) is 0 Å². The molecule has 0 aliphatic carbocycles. The van der Waals surface area contributed by atoms with Crippen molar-refractivity contribution in [2.45, 2.75) is 17.3 Å². The topological polar surface area (TPSA) is 81.6 Å². The van der Waals surface area contributed by atoms with Crippen molar-refractivity contribution < 1.29 is 4.79 Å². The number of carbonyl (C=O) groups is 1. The Kier molecular flexibility index (Phi) is 4.74. The second-order valence-corrected chi connectivity index (χ2v) is 6.91. The summed E-state index contributed by atoms with van der Waals surface area (Å²) in [6.07, 6.45) is 0. The van der Waals surface area contributed by atoms with Crippen molar-refractivity contribution in [2.24, 2.45) is 0 Å². The van der Waals surface area contributed by atoms with Gasteiger partial charge in [-0.05, 0) is 49.4 Å². The molecule has 1 heterocycles. The minimum absolute atomic E-state index is 0.136. The van der Waals surface area contributed by atoms with Crippen molar-refractivity contribution in [1.82, 2.24) is 9.97 Å². The molecule has 0 aliphatic heterocycles. The van der Waals surface area contributed by atoms with Crippen LogP contribution in [0.2, 0.25) is 5.02 Å². The van der Waals surface area contributed by atoms with Crippen LogP contribution in [-0.2, 0) is 4.79 Å². The van der Waals surface area contributed by atoms with Crippen molar-refractivity contribution in [3.63, 3.8) is 0 Å². The zero-order chi connectivity index (χ0) is 17.1. The Bertz CT molecular complexity index is 930. The minimum Gasteiger partial charge on any atom is -0.333 e. The Balaban J connectivity index is 1.67. The summed E-state index contributed by atoms with van der Waals surface area (Å²) < 4.78 is 0. The smallest absolute Gasteiger partial charge is 0.237 e. The number of amides is 1. The summed E-state index contributed by atoms with van der Waals surface area (Å²) in [7, 11) is 0. The molecule has 0 bridgehead atoms. The number of benzene rings is 2. The first-order valence-electron chi connectivity index (χ1n) is 7.18. The lowest BCUT2D eigenvalue weighted by atomic mass is 10.2. The van der Waals surface area contributed by atoms with Gasteiger partial charge in [0, 0.05) is 10.7 Å². The molecule has 2 aromatic carbocycles. The van der Waals surface area contributed by atoms with Crippen LogP contribution in [0.3, 0.4) is 0 Å². The highest BCUT2D eigenvalue weighted by Crippen LogP contribution is 2.25. The van der Waals surface area contributed by atoms with Crippen molar-refractivity contribution >= 4 is 46.0 Å². The van der Waals surface area contributed by atoms with Gasteiger partial charge in [0.2, 0.25) is 5.91 Å². The molecule has 1 atom stereocenters. The number of thioether (sulfide) groups is 1. The number of carbonyl (C=O) groups excluding carboxylic acids is 1. The summed E-state index contributed by atoms with van der Waals surface area (Å²) in [5.41, 5.74) is 2.85. The van der Waals surface area contributed by atoms with Crippen LogP contribution < -0.4 is 5.32 Å². The number of H-pyrrole nitrogens is 1. The summed E-state index contributed by atoms with van der Waals surface area (Å²) in [5.74, 6) is -0.136. The number of aromatic nitrogens is 2. The number of aromatic amines is 1. The predicted molar refractivity (Wildman–Crippen MR) is 96.2 cm³/mol. The van der Waals surface area contributed by atoms with Gasteiger partial charge in [-0.15, -0.1) is 0 Å². The third-order valence-corrected chi connectivity index (χ3v) is 4.58. The molecule has 0 saturated carbocycles. The van der Waals surface area contributed by atoms with Gasteiger partial charge in [-0.1, -0.05) is 23.4 Å². The molecule has 7 heteroatoms. The van der Waals surface area contributed by atoms with E-state index in [-0.39, 0.29) is 11.2 Å². The summed E-state index contributed by atoms with van der Waals surface area (Å²) in [6.45, 7) is 1.81. The first kappa shape index (κ1) is 16.4. The molecule has 0 aliphatic rings. The van der Waals surface area contributed by atoms with Crippen molar-refractivity contribution in [2.75, 3.05) is 5.32 Å². The quantitative estimate of drug-likeness (QED) is 0.686. The van der Waals surface area contributed by atoms with Crippen LogP contribution in [-0.4, -0.2) is 21.1 Å². The molecule has 0 fully saturated rings. The van der Waals surface area contributed by atoms with Crippen LogP contribution >= 0.6 is 23.4 Å². The standard InChI is InChI=1S/C17H13ClN4OS/c1-10(16(23)20-13-5-2-11(9-19)3-6-13)24-17-21-14-7-4-12(18)8-15(14)22-17/h2-8,10H,1H3,(H,20,23)(H,21,22)/t10-/m1/s1. The number of nitrogens with zero attached hydrogens (tertiary/aromatic N) is 2. The van der Waals surface area contributed by atoms with Crippen LogP contribution in [0.25, 0.3) is 11.0 Å². The highest BCUT2D eigenvalue weighted by atomic mass is 35.5. The molecule has 1 aromatic heterocycles. The lowest BCUT2D eigenvalue weighted by Crippen LogP contribution is -2.22. The Morgan fingerprint density at radius 2 is 2.08 bits per heavy atom. The molecule has 2 N–H and O–H groups in total. The molecule has 3 aromatic rings. The lowest BCUT2D eigenvalue weighted by Gasteiger charge is -2.10. The largest absolute Gasteiger partial charge is 0.333 e. The minimum atomic E-state index is -0.336.